The second-order valence-electron chi connectivity index (χ2n) is 4.90. The van der Waals surface area contributed by atoms with Crippen molar-refractivity contribution in [1.82, 2.24) is 4.98 Å². The molecule has 0 bridgehead atoms. The van der Waals surface area contributed by atoms with Crippen LogP contribution in [0.3, 0.4) is 0 Å². The quantitative estimate of drug-likeness (QED) is 0.443. The van der Waals surface area contributed by atoms with Gasteiger partial charge in [0.1, 0.15) is 5.75 Å². The molecule has 1 aromatic heterocycles. The highest BCUT2D eigenvalue weighted by atomic mass is 32.1. The number of nitrogens with one attached hydrogen (secondary N) is 1. The lowest BCUT2D eigenvalue weighted by atomic mass is 10.1. The number of thiazole rings is 1. The predicted octanol–water partition coefficient (Wildman–Crippen LogP) is 2.77. The molecule has 0 radical (unpaired) electrons. The van der Waals surface area contributed by atoms with Crippen LogP contribution in [-0.2, 0) is 22.4 Å². The summed E-state index contributed by atoms with van der Waals surface area (Å²) in [5, 5.41) is 15.4. The molecular formula is C17H18N4O3S. The number of ether oxygens (including phenoxy) is 2. The molecule has 0 saturated heterocycles. The van der Waals surface area contributed by atoms with Gasteiger partial charge in [-0.25, -0.2) is 4.98 Å². The number of hydrogen-bond donors (Lipinski definition) is 1. The van der Waals surface area contributed by atoms with Gasteiger partial charge in [-0.3, -0.25) is 10.2 Å². The number of carbonyl (C=O) groups is 1. The molecule has 0 fully saturated rings. The third-order valence-corrected chi connectivity index (χ3v) is 3.93. The molecule has 1 heterocycles. The van der Waals surface area contributed by atoms with Crippen molar-refractivity contribution < 1.29 is 14.3 Å². The fourth-order valence-corrected chi connectivity index (χ4v) is 2.72. The van der Waals surface area contributed by atoms with E-state index in [2.05, 4.69) is 21.6 Å². The van der Waals surface area contributed by atoms with Crippen molar-refractivity contribution in [1.29, 1.82) is 5.26 Å². The number of esters is 1. The van der Waals surface area contributed by atoms with Crippen molar-refractivity contribution >= 4 is 28.7 Å². The Morgan fingerprint density at radius 1 is 1.52 bits per heavy atom. The summed E-state index contributed by atoms with van der Waals surface area (Å²) in [7, 11) is 1.57. The second kappa shape index (κ2) is 9.39. The van der Waals surface area contributed by atoms with Crippen LogP contribution in [-0.4, -0.2) is 30.9 Å². The number of hydrazone groups is 1. The number of anilines is 1. The molecule has 0 aliphatic carbocycles. The standard InChI is InChI=1S/C17H18N4O3S/c1-3-24-16(22)9-14-11-25-17(20-14)21-19-10-12-4-5-15(23-2)13(8-12)6-7-18/h4-5,8,10-11H,3,6,9H2,1-2H3,(H,20,21). The summed E-state index contributed by atoms with van der Waals surface area (Å²) in [5.41, 5.74) is 5.11. The number of nitriles is 1. The summed E-state index contributed by atoms with van der Waals surface area (Å²) in [4.78, 5) is 15.7. The summed E-state index contributed by atoms with van der Waals surface area (Å²) in [5.74, 6) is 0.376. The third-order valence-electron chi connectivity index (χ3n) is 3.13. The molecule has 130 valence electrons. The molecular weight excluding hydrogens is 340 g/mol. The first-order chi connectivity index (χ1) is 12.2. The van der Waals surface area contributed by atoms with Crippen LogP contribution in [0.1, 0.15) is 23.7 Å². The van der Waals surface area contributed by atoms with Crippen molar-refractivity contribution in [3.05, 3.63) is 40.4 Å². The van der Waals surface area contributed by atoms with E-state index < -0.39 is 0 Å². The van der Waals surface area contributed by atoms with Crippen molar-refractivity contribution in [2.24, 2.45) is 5.10 Å². The topological polar surface area (TPSA) is 96.6 Å². The van der Waals surface area contributed by atoms with Crippen molar-refractivity contribution in [2.45, 2.75) is 19.8 Å². The number of methoxy groups -OCH3 is 1. The summed E-state index contributed by atoms with van der Waals surface area (Å²) < 4.78 is 10.1. The molecule has 25 heavy (non-hydrogen) atoms. The van der Waals surface area contributed by atoms with Crippen LogP contribution in [0, 0.1) is 11.3 Å². The fourth-order valence-electron chi connectivity index (χ4n) is 2.06. The highest BCUT2D eigenvalue weighted by molar-refractivity contribution is 7.13. The van der Waals surface area contributed by atoms with Crippen LogP contribution < -0.4 is 10.2 Å². The SMILES string of the molecule is CCOC(=O)Cc1csc(NN=Cc2ccc(OC)c(CC#N)c2)n1. The van der Waals surface area contributed by atoms with Gasteiger partial charge in [-0.1, -0.05) is 0 Å². The average Bonchev–Trinajstić information content (AvgIpc) is 3.03. The Morgan fingerprint density at radius 2 is 2.36 bits per heavy atom. The monoisotopic (exact) mass is 358 g/mol. The number of benzene rings is 1. The molecule has 0 amide bonds. The molecule has 0 spiro atoms. The number of rotatable bonds is 8. The van der Waals surface area contributed by atoms with Crippen molar-refractivity contribution in [3.63, 3.8) is 0 Å². The molecule has 2 aromatic rings. The van der Waals surface area contributed by atoms with E-state index in [4.69, 9.17) is 14.7 Å². The van der Waals surface area contributed by atoms with E-state index in [9.17, 15) is 4.79 Å². The van der Waals surface area contributed by atoms with Gasteiger partial charge in [-0.2, -0.15) is 10.4 Å². The normalized spacial score (nSPS) is 10.4. The lowest BCUT2D eigenvalue weighted by Crippen LogP contribution is -2.07. The smallest absolute Gasteiger partial charge is 0.311 e. The van der Waals surface area contributed by atoms with Gasteiger partial charge < -0.3 is 9.47 Å². The Labute approximate surface area is 149 Å². The summed E-state index contributed by atoms with van der Waals surface area (Å²) >= 11 is 1.36. The van der Waals surface area contributed by atoms with Crippen molar-refractivity contribution in [3.8, 4) is 11.8 Å². The Bertz CT molecular complexity index is 795. The van der Waals surface area contributed by atoms with Gasteiger partial charge in [0, 0.05) is 10.9 Å². The first-order valence-corrected chi connectivity index (χ1v) is 8.47. The highest BCUT2D eigenvalue weighted by Crippen LogP contribution is 2.20. The summed E-state index contributed by atoms with van der Waals surface area (Å²) in [6, 6.07) is 7.60. The summed E-state index contributed by atoms with van der Waals surface area (Å²) in [6.45, 7) is 2.12. The van der Waals surface area contributed by atoms with Gasteiger partial charge in [0.05, 0.1) is 44.5 Å². The van der Waals surface area contributed by atoms with Gasteiger partial charge in [-0.15, -0.1) is 11.3 Å². The van der Waals surface area contributed by atoms with Crippen LogP contribution in [0.15, 0.2) is 28.7 Å². The molecule has 0 unspecified atom stereocenters. The van der Waals surface area contributed by atoms with Gasteiger partial charge in [0.25, 0.3) is 0 Å². The van der Waals surface area contributed by atoms with E-state index >= 15 is 0 Å². The first kappa shape index (κ1) is 18.4. The van der Waals surface area contributed by atoms with Gasteiger partial charge in [0.2, 0.25) is 5.13 Å². The van der Waals surface area contributed by atoms with E-state index in [0.29, 0.717) is 23.2 Å². The minimum atomic E-state index is -0.300. The number of hydrogen-bond acceptors (Lipinski definition) is 8. The summed E-state index contributed by atoms with van der Waals surface area (Å²) in [6.07, 6.45) is 2.04. The molecule has 8 heteroatoms. The average molecular weight is 358 g/mol. The molecule has 1 N–H and O–H groups in total. The highest BCUT2D eigenvalue weighted by Gasteiger charge is 2.08. The Hall–Kier alpha value is -2.92. The van der Waals surface area contributed by atoms with E-state index in [1.54, 1.807) is 31.7 Å². The van der Waals surface area contributed by atoms with Gasteiger partial charge in [-0.05, 0) is 30.7 Å². The zero-order chi connectivity index (χ0) is 18.1. The lowest BCUT2D eigenvalue weighted by molar-refractivity contribution is -0.142. The van der Waals surface area contributed by atoms with E-state index in [0.717, 1.165) is 11.1 Å². The maximum absolute atomic E-state index is 11.4. The van der Waals surface area contributed by atoms with Crippen LogP contribution in [0.5, 0.6) is 5.75 Å². The third kappa shape index (κ3) is 5.58. The van der Waals surface area contributed by atoms with Crippen LogP contribution in [0.2, 0.25) is 0 Å². The van der Waals surface area contributed by atoms with E-state index in [1.165, 1.54) is 11.3 Å². The second-order valence-corrected chi connectivity index (χ2v) is 5.76. The van der Waals surface area contributed by atoms with Crippen molar-refractivity contribution in [2.75, 3.05) is 19.1 Å². The molecule has 0 saturated carbocycles. The molecule has 2 rings (SSSR count). The Balaban J connectivity index is 1.97. The van der Waals surface area contributed by atoms with Crippen LogP contribution in [0.4, 0.5) is 5.13 Å². The zero-order valence-electron chi connectivity index (χ0n) is 14.0. The van der Waals surface area contributed by atoms with Gasteiger partial charge in [0.15, 0.2) is 0 Å². The molecule has 0 aliphatic rings. The molecule has 0 aliphatic heterocycles. The van der Waals surface area contributed by atoms with Gasteiger partial charge >= 0.3 is 5.97 Å². The number of aromatic nitrogens is 1. The van der Waals surface area contributed by atoms with E-state index in [1.807, 2.05) is 12.1 Å². The Morgan fingerprint density at radius 3 is 3.08 bits per heavy atom. The number of carbonyl (C=O) groups excluding carboxylic acids is 1. The largest absolute Gasteiger partial charge is 0.496 e. The minimum absolute atomic E-state index is 0.145. The lowest BCUT2D eigenvalue weighted by Gasteiger charge is -2.06. The number of nitrogens with zero attached hydrogens (tertiary/aromatic N) is 3. The van der Waals surface area contributed by atoms with E-state index in [-0.39, 0.29) is 18.8 Å². The molecule has 1 aromatic carbocycles. The molecule has 7 nitrogen and oxygen atoms in total. The predicted molar refractivity (Wildman–Crippen MR) is 96.0 cm³/mol. The molecule has 0 atom stereocenters. The maximum Gasteiger partial charge on any atom is 0.311 e. The first-order valence-electron chi connectivity index (χ1n) is 7.59. The fraction of sp³-hybridized carbons (Fsp3) is 0.294. The maximum atomic E-state index is 11.4. The van der Waals surface area contributed by atoms with Crippen LogP contribution >= 0.6 is 11.3 Å². The minimum Gasteiger partial charge on any atom is -0.496 e. The Kier molecular flexibility index (Phi) is 6.92. The zero-order valence-corrected chi connectivity index (χ0v) is 14.8. The van der Waals surface area contributed by atoms with Crippen LogP contribution in [0.25, 0.3) is 0 Å².